The highest BCUT2D eigenvalue weighted by Gasteiger charge is 2.47. The fourth-order valence-electron chi connectivity index (χ4n) is 3.52. The van der Waals surface area contributed by atoms with Crippen molar-refractivity contribution in [3.63, 3.8) is 0 Å². The quantitative estimate of drug-likeness (QED) is 0.560. The summed E-state index contributed by atoms with van der Waals surface area (Å²) in [4.78, 5) is 2.77. The van der Waals surface area contributed by atoms with Crippen LogP contribution in [0, 0.1) is 5.92 Å². The third-order valence-corrected chi connectivity index (χ3v) is 5.73. The molecule has 2 fully saturated rings. The SMILES string of the molecule is CC(C[SH](C)S)C12CCCN1CCC2. The molecule has 2 rings (SSSR count). The molecule has 2 saturated heterocycles. The van der Waals surface area contributed by atoms with E-state index in [1.54, 1.807) is 0 Å². The van der Waals surface area contributed by atoms with Gasteiger partial charge < -0.3 is 0 Å². The van der Waals surface area contributed by atoms with E-state index in [2.05, 4.69) is 29.7 Å². The number of fused-ring (bicyclic) bond motifs is 1. The maximum atomic E-state index is 4.60. The first-order chi connectivity index (χ1) is 6.65. The molecular weight excluding hydrogens is 210 g/mol. The van der Waals surface area contributed by atoms with Crippen LogP contribution in [0.25, 0.3) is 0 Å². The molecule has 0 bridgehead atoms. The smallest absolute Gasteiger partial charge is 0.0243 e. The molecule has 0 saturated carbocycles. The number of hydrogen-bond acceptors (Lipinski definition) is 2. The van der Waals surface area contributed by atoms with Crippen LogP contribution >= 0.6 is 21.6 Å². The summed E-state index contributed by atoms with van der Waals surface area (Å²) in [7, 11) is -0.0170. The minimum Gasteiger partial charge on any atom is -0.297 e. The largest absolute Gasteiger partial charge is 0.297 e. The van der Waals surface area contributed by atoms with E-state index in [1.165, 1.54) is 44.5 Å². The molecule has 0 radical (unpaired) electrons. The summed E-state index contributed by atoms with van der Waals surface area (Å²) in [6.45, 7) is 5.18. The van der Waals surface area contributed by atoms with Gasteiger partial charge in [0.15, 0.2) is 0 Å². The lowest BCUT2D eigenvalue weighted by molar-refractivity contribution is 0.138. The van der Waals surface area contributed by atoms with Crippen molar-refractivity contribution in [1.29, 1.82) is 0 Å². The first-order valence-corrected chi connectivity index (χ1v) is 8.93. The van der Waals surface area contributed by atoms with Gasteiger partial charge in [-0.05, 0) is 56.7 Å². The third kappa shape index (κ3) is 1.83. The van der Waals surface area contributed by atoms with Crippen molar-refractivity contribution in [1.82, 2.24) is 4.90 Å². The summed E-state index contributed by atoms with van der Waals surface area (Å²) < 4.78 is 0. The normalized spacial score (nSPS) is 31.5. The van der Waals surface area contributed by atoms with Crippen LogP contribution in [0.1, 0.15) is 32.6 Å². The van der Waals surface area contributed by atoms with Gasteiger partial charge in [-0.2, -0.15) is 0 Å². The number of nitrogens with zero attached hydrogens (tertiary/aromatic N) is 1. The van der Waals surface area contributed by atoms with E-state index in [0.717, 1.165) is 5.92 Å². The first kappa shape index (κ1) is 11.2. The van der Waals surface area contributed by atoms with E-state index in [9.17, 15) is 0 Å². The molecule has 14 heavy (non-hydrogen) atoms. The second kappa shape index (κ2) is 4.26. The molecule has 0 amide bonds. The third-order valence-electron chi connectivity index (χ3n) is 4.16. The molecule has 2 unspecified atom stereocenters. The lowest BCUT2D eigenvalue weighted by atomic mass is 9.82. The molecule has 0 aliphatic carbocycles. The summed E-state index contributed by atoms with van der Waals surface area (Å²) in [5, 5.41) is 0. The highest BCUT2D eigenvalue weighted by Crippen LogP contribution is 2.46. The van der Waals surface area contributed by atoms with Gasteiger partial charge in [-0.15, -0.1) is 11.7 Å². The summed E-state index contributed by atoms with van der Waals surface area (Å²) in [6.07, 6.45) is 8.05. The molecule has 2 atom stereocenters. The van der Waals surface area contributed by atoms with Gasteiger partial charge in [-0.1, -0.05) is 6.92 Å². The molecule has 2 aliphatic rings. The zero-order chi connectivity index (χ0) is 10.2. The Bertz CT molecular complexity index is 195. The molecule has 0 aromatic rings. The molecule has 0 aromatic carbocycles. The van der Waals surface area contributed by atoms with Crippen molar-refractivity contribution in [3.05, 3.63) is 0 Å². The van der Waals surface area contributed by atoms with Crippen LogP contribution in [-0.4, -0.2) is 35.5 Å². The Morgan fingerprint density at radius 3 is 2.43 bits per heavy atom. The monoisotopic (exact) mass is 233 g/mol. The van der Waals surface area contributed by atoms with Gasteiger partial charge in [-0.3, -0.25) is 4.90 Å². The lowest BCUT2D eigenvalue weighted by Crippen LogP contribution is -2.45. The van der Waals surface area contributed by atoms with Crippen LogP contribution in [0.15, 0.2) is 0 Å². The minimum absolute atomic E-state index is 0.0170. The van der Waals surface area contributed by atoms with Gasteiger partial charge in [0, 0.05) is 5.54 Å². The zero-order valence-corrected chi connectivity index (χ0v) is 11.2. The summed E-state index contributed by atoms with van der Waals surface area (Å²) in [5.74, 6) is 2.20. The van der Waals surface area contributed by atoms with Crippen LogP contribution < -0.4 is 0 Å². The number of hydrogen-bond donors (Lipinski definition) is 2. The van der Waals surface area contributed by atoms with E-state index >= 15 is 0 Å². The number of thiol groups is 2. The Kier molecular flexibility index (Phi) is 3.40. The molecule has 3 heteroatoms. The lowest BCUT2D eigenvalue weighted by Gasteiger charge is -2.39. The standard InChI is InChI=1S/C11H23NS2/c1-10(9-14(2)13)11-5-3-7-12(11)8-4-6-11/h10,13-14H,3-9H2,1-2H3. The predicted octanol–water partition coefficient (Wildman–Crippen LogP) is 2.73. The Hall–Kier alpha value is 0.660. The Balaban J connectivity index is 2.06. The molecule has 0 aromatic heterocycles. The maximum Gasteiger partial charge on any atom is 0.0243 e. The summed E-state index contributed by atoms with van der Waals surface area (Å²) >= 11 is 4.60. The zero-order valence-electron chi connectivity index (χ0n) is 9.37. The average molecular weight is 233 g/mol. The fourth-order valence-corrected chi connectivity index (χ4v) is 5.39. The van der Waals surface area contributed by atoms with Crippen LogP contribution in [0.4, 0.5) is 0 Å². The molecule has 1 nitrogen and oxygen atoms in total. The van der Waals surface area contributed by atoms with Crippen LogP contribution in [0.2, 0.25) is 0 Å². The molecule has 0 N–H and O–H groups in total. The van der Waals surface area contributed by atoms with Gasteiger partial charge in [0.05, 0.1) is 0 Å². The molecule has 2 heterocycles. The highest BCUT2D eigenvalue weighted by molar-refractivity contribution is 8.77. The van der Waals surface area contributed by atoms with Crippen LogP contribution in [0.5, 0.6) is 0 Å². The Morgan fingerprint density at radius 2 is 1.93 bits per heavy atom. The van der Waals surface area contributed by atoms with E-state index in [1.807, 2.05) is 0 Å². The Labute approximate surface area is 95.8 Å². The first-order valence-electron chi connectivity index (χ1n) is 5.80. The maximum absolute atomic E-state index is 4.60. The van der Waals surface area contributed by atoms with Crippen molar-refractivity contribution in [2.75, 3.05) is 25.1 Å². The van der Waals surface area contributed by atoms with Crippen molar-refractivity contribution in [3.8, 4) is 0 Å². The van der Waals surface area contributed by atoms with Gasteiger partial charge in [0.1, 0.15) is 0 Å². The van der Waals surface area contributed by atoms with E-state index in [0.29, 0.717) is 5.54 Å². The molecular formula is C11H23NS2. The highest BCUT2D eigenvalue weighted by atomic mass is 33.1. The van der Waals surface area contributed by atoms with Crippen LogP contribution in [-0.2, 0) is 0 Å². The van der Waals surface area contributed by atoms with Crippen molar-refractivity contribution in [2.45, 2.75) is 38.1 Å². The van der Waals surface area contributed by atoms with Crippen LogP contribution in [0.3, 0.4) is 0 Å². The Morgan fingerprint density at radius 1 is 1.36 bits per heavy atom. The second-order valence-electron chi connectivity index (χ2n) is 5.04. The molecule has 2 aliphatic heterocycles. The second-order valence-corrected chi connectivity index (χ2v) is 8.77. The molecule has 84 valence electrons. The van der Waals surface area contributed by atoms with Crippen molar-refractivity contribution >= 4 is 21.6 Å². The minimum atomic E-state index is -0.0170. The predicted molar refractivity (Wildman–Crippen MR) is 70.7 cm³/mol. The van der Waals surface area contributed by atoms with E-state index in [-0.39, 0.29) is 9.93 Å². The van der Waals surface area contributed by atoms with Gasteiger partial charge >= 0.3 is 0 Å². The topological polar surface area (TPSA) is 3.24 Å². The summed E-state index contributed by atoms with van der Waals surface area (Å²) in [6, 6.07) is 0. The van der Waals surface area contributed by atoms with Gasteiger partial charge in [0.25, 0.3) is 0 Å². The van der Waals surface area contributed by atoms with E-state index < -0.39 is 0 Å². The summed E-state index contributed by atoms with van der Waals surface area (Å²) in [5.41, 5.74) is 0.597. The van der Waals surface area contributed by atoms with E-state index in [4.69, 9.17) is 0 Å². The van der Waals surface area contributed by atoms with Gasteiger partial charge in [-0.25, -0.2) is 9.93 Å². The van der Waals surface area contributed by atoms with Crippen molar-refractivity contribution in [2.24, 2.45) is 5.92 Å². The number of rotatable bonds is 3. The van der Waals surface area contributed by atoms with Crippen molar-refractivity contribution < 1.29 is 0 Å². The molecule has 0 spiro atoms. The fraction of sp³-hybridized carbons (Fsp3) is 1.00. The average Bonchev–Trinajstić information content (AvgIpc) is 2.58. The van der Waals surface area contributed by atoms with Gasteiger partial charge in [0.2, 0.25) is 0 Å².